The minimum absolute atomic E-state index is 0.109. The number of ether oxygens (including phenoxy) is 2. The zero-order chi connectivity index (χ0) is 24.1. The molecule has 2 aromatic rings. The summed E-state index contributed by atoms with van der Waals surface area (Å²) < 4.78 is 10.3. The fourth-order valence-corrected chi connectivity index (χ4v) is 3.21. The van der Waals surface area contributed by atoms with E-state index in [0.29, 0.717) is 11.3 Å². The number of carbonyl (C=O) groups excluding carboxylic acids is 4. The third-order valence-corrected chi connectivity index (χ3v) is 5.07. The molecule has 2 amide bonds. The van der Waals surface area contributed by atoms with E-state index in [9.17, 15) is 29.3 Å². The van der Waals surface area contributed by atoms with Crippen LogP contribution in [-0.2, 0) is 14.3 Å². The van der Waals surface area contributed by atoms with Gasteiger partial charge in [-0.3, -0.25) is 39.7 Å². The molecule has 0 radical (unpaired) electrons. The monoisotopic (exact) mass is 455 g/mol. The van der Waals surface area contributed by atoms with E-state index in [1.165, 1.54) is 38.3 Å². The van der Waals surface area contributed by atoms with Crippen molar-refractivity contribution in [2.24, 2.45) is 5.92 Å². The van der Waals surface area contributed by atoms with Crippen LogP contribution in [0.4, 0.5) is 5.69 Å². The molecule has 33 heavy (non-hydrogen) atoms. The smallest absolute Gasteiger partial charge is 0.312 e. The summed E-state index contributed by atoms with van der Waals surface area (Å²) in [6.07, 6.45) is -1.26. The number of nitrogens with one attached hydrogen (secondary N) is 1. The number of carbonyl (C=O) groups is 4. The zero-order valence-corrected chi connectivity index (χ0v) is 17.8. The van der Waals surface area contributed by atoms with Gasteiger partial charge in [0.05, 0.1) is 24.5 Å². The lowest BCUT2D eigenvalue weighted by atomic mass is 10.1. The van der Waals surface area contributed by atoms with E-state index in [2.05, 4.69) is 5.43 Å². The maximum atomic E-state index is 12.5. The predicted molar refractivity (Wildman–Crippen MR) is 113 cm³/mol. The van der Waals surface area contributed by atoms with Crippen molar-refractivity contribution >= 4 is 29.3 Å². The van der Waals surface area contributed by atoms with Gasteiger partial charge in [0.25, 0.3) is 11.6 Å². The van der Waals surface area contributed by atoms with Crippen molar-refractivity contribution in [1.29, 1.82) is 0 Å². The van der Waals surface area contributed by atoms with Crippen molar-refractivity contribution in [2.45, 2.75) is 19.4 Å². The Labute approximate surface area is 188 Å². The average Bonchev–Trinajstić information content (AvgIpc) is 3.18. The predicted octanol–water partition coefficient (Wildman–Crippen LogP) is 1.91. The highest BCUT2D eigenvalue weighted by Crippen LogP contribution is 2.20. The Morgan fingerprint density at radius 2 is 1.70 bits per heavy atom. The molecule has 0 aromatic heterocycles. The fraction of sp³-hybridized carbons (Fsp3) is 0.273. The third-order valence-electron chi connectivity index (χ3n) is 5.07. The van der Waals surface area contributed by atoms with Crippen LogP contribution in [0.3, 0.4) is 0 Å². The number of nitro benzene ring substituents is 1. The van der Waals surface area contributed by atoms with Gasteiger partial charge in [-0.1, -0.05) is 0 Å². The number of non-ortho nitro benzene ring substituents is 1. The first kappa shape index (κ1) is 23.4. The molecule has 1 fully saturated rings. The fourth-order valence-electron chi connectivity index (χ4n) is 3.21. The van der Waals surface area contributed by atoms with Crippen molar-refractivity contribution in [3.63, 3.8) is 0 Å². The lowest BCUT2D eigenvalue weighted by molar-refractivity contribution is -0.384. The number of nitrogens with zero attached hydrogens (tertiary/aromatic N) is 2. The van der Waals surface area contributed by atoms with Crippen molar-refractivity contribution in [2.75, 3.05) is 13.7 Å². The van der Waals surface area contributed by atoms with Crippen molar-refractivity contribution < 1.29 is 33.6 Å². The summed E-state index contributed by atoms with van der Waals surface area (Å²) in [5.41, 5.74) is 2.66. The molecule has 1 saturated heterocycles. The van der Waals surface area contributed by atoms with Gasteiger partial charge in [-0.25, -0.2) is 0 Å². The quantitative estimate of drug-likeness (QED) is 0.275. The number of hydrogen-bond acceptors (Lipinski definition) is 8. The summed E-state index contributed by atoms with van der Waals surface area (Å²) in [6, 6.07) is 11.2. The molecule has 0 bridgehead atoms. The Bertz CT molecular complexity index is 1080. The molecule has 0 unspecified atom stereocenters. The van der Waals surface area contributed by atoms with E-state index in [0.717, 1.165) is 5.01 Å². The summed E-state index contributed by atoms with van der Waals surface area (Å²) in [5, 5.41) is 11.7. The number of hydrogen-bond donors (Lipinski definition) is 1. The molecule has 172 valence electrons. The van der Waals surface area contributed by atoms with Crippen LogP contribution in [0.2, 0.25) is 0 Å². The summed E-state index contributed by atoms with van der Waals surface area (Å²) in [6.45, 7) is 1.31. The third kappa shape index (κ3) is 5.50. The molecule has 2 aromatic carbocycles. The van der Waals surface area contributed by atoms with Crippen LogP contribution in [0.1, 0.15) is 34.1 Å². The molecule has 1 heterocycles. The molecule has 0 spiro atoms. The molecule has 1 aliphatic rings. The van der Waals surface area contributed by atoms with Crippen molar-refractivity contribution in [3.8, 4) is 5.75 Å². The number of Topliss-reactive ketones (excluding diaryl/α,β-unsaturated/α-hetero) is 1. The van der Waals surface area contributed by atoms with Gasteiger partial charge in [-0.05, 0) is 43.3 Å². The van der Waals surface area contributed by atoms with Crippen LogP contribution in [0.25, 0.3) is 0 Å². The second-order valence-electron chi connectivity index (χ2n) is 7.32. The van der Waals surface area contributed by atoms with Gasteiger partial charge in [-0.2, -0.15) is 0 Å². The normalized spacial score (nSPS) is 16.1. The lowest BCUT2D eigenvalue weighted by Crippen LogP contribution is -2.43. The van der Waals surface area contributed by atoms with Gasteiger partial charge in [0.1, 0.15) is 5.75 Å². The summed E-state index contributed by atoms with van der Waals surface area (Å²) >= 11 is 0. The number of ketones is 1. The van der Waals surface area contributed by atoms with E-state index >= 15 is 0 Å². The minimum atomic E-state index is -1.07. The number of hydrazine groups is 1. The Morgan fingerprint density at radius 3 is 2.27 bits per heavy atom. The van der Waals surface area contributed by atoms with E-state index in [1.807, 2.05) is 0 Å². The van der Waals surface area contributed by atoms with Crippen LogP contribution in [0.15, 0.2) is 48.5 Å². The summed E-state index contributed by atoms with van der Waals surface area (Å²) in [4.78, 5) is 59.7. The molecule has 0 saturated carbocycles. The average molecular weight is 455 g/mol. The van der Waals surface area contributed by atoms with Crippen molar-refractivity contribution in [3.05, 3.63) is 69.8 Å². The number of methoxy groups -OCH3 is 1. The first-order chi connectivity index (χ1) is 15.7. The minimum Gasteiger partial charge on any atom is -0.497 e. The number of esters is 1. The van der Waals surface area contributed by atoms with E-state index < -0.39 is 40.5 Å². The van der Waals surface area contributed by atoms with Gasteiger partial charge in [-0.15, -0.1) is 0 Å². The second kappa shape index (κ2) is 9.90. The Kier molecular flexibility index (Phi) is 7.01. The van der Waals surface area contributed by atoms with Crippen molar-refractivity contribution in [1.82, 2.24) is 10.4 Å². The molecule has 3 rings (SSSR count). The Morgan fingerprint density at radius 1 is 1.09 bits per heavy atom. The number of rotatable bonds is 8. The Balaban J connectivity index is 1.56. The Hall–Kier alpha value is -4.28. The molecular formula is C22H21N3O8. The van der Waals surface area contributed by atoms with Gasteiger partial charge < -0.3 is 9.47 Å². The molecule has 1 N–H and O–H groups in total. The lowest BCUT2D eigenvalue weighted by Gasteiger charge is -2.18. The largest absolute Gasteiger partial charge is 0.497 e. The topological polar surface area (TPSA) is 145 Å². The van der Waals surface area contributed by atoms with Gasteiger partial charge >= 0.3 is 5.97 Å². The van der Waals surface area contributed by atoms with E-state index in [4.69, 9.17) is 9.47 Å². The second-order valence-corrected chi connectivity index (χ2v) is 7.32. The van der Waals surface area contributed by atoms with E-state index in [-0.39, 0.29) is 24.2 Å². The van der Waals surface area contributed by atoms with Gasteiger partial charge in [0, 0.05) is 29.7 Å². The number of amides is 2. The molecule has 1 aliphatic heterocycles. The maximum Gasteiger partial charge on any atom is 0.312 e. The zero-order valence-electron chi connectivity index (χ0n) is 17.8. The molecule has 2 atom stereocenters. The standard InChI is InChI=1S/C22H21N3O8/c1-13(20(27)14-5-9-18(32-2)10-6-14)33-22(29)16-11-19(26)24(12-16)23-21(28)15-3-7-17(8-4-15)25(30)31/h3-10,13,16H,11-12H2,1-2H3,(H,23,28)/t13-,16+/m0/s1. The van der Waals surface area contributed by atoms with E-state index in [1.54, 1.807) is 24.3 Å². The highest BCUT2D eigenvalue weighted by molar-refractivity contribution is 6.01. The van der Waals surface area contributed by atoms with Crippen LogP contribution < -0.4 is 10.2 Å². The highest BCUT2D eigenvalue weighted by atomic mass is 16.6. The SMILES string of the molecule is COc1ccc(C(=O)[C@H](C)OC(=O)[C@@H]2CC(=O)N(NC(=O)c3ccc([N+](=O)[O-])cc3)C2)cc1. The van der Waals surface area contributed by atoms with Crippen LogP contribution >= 0.6 is 0 Å². The number of benzene rings is 2. The van der Waals surface area contributed by atoms with Gasteiger partial charge in [0.2, 0.25) is 11.7 Å². The summed E-state index contributed by atoms with van der Waals surface area (Å²) in [7, 11) is 1.50. The number of nitro groups is 1. The highest BCUT2D eigenvalue weighted by Gasteiger charge is 2.37. The molecule has 11 heteroatoms. The molecule has 0 aliphatic carbocycles. The summed E-state index contributed by atoms with van der Waals surface area (Å²) in [5.74, 6) is -2.57. The van der Waals surface area contributed by atoms with Crippen LogP contribution in [0.5, 0.6) is 5.75 Å². The van der Waals surface area contributed by atoms with Crippen LogP contribution in [-0.4, -0.2) is 53.3 Å². The first-order valence-corrected chi connectivity index (χ1v) is 9.94. The first-order valence-electron chi connectivity index (χ1n) is 9.94. The maximum absolute atomic E-state index is 12.5. The van der Waals surface area contributed by atoms with Gasteiger partial charge in [0.15, 0.2) is 6.10 Å². The van der Waals surface area contributed by atoms with Crippen LogP contribution in [0, 0.1) is 16.0 Å². The molecular weight excluding hydrogens is 434 g/mol. The molecule has 11 nitrogen and oxygen atoms in total.